The standard InChI is InChI=1S/C16H14ClNO2/c1-19-16-6-5-13(7-14(16)9-18)11-20-10-12-3-2-4-15(17)8-12/h2-8H,10-11H2,1H3. The average molecular weight is 288 g/mol. The molecule has 0 unspecified atom stereocenters. The fourth-order valence-corrected chi connectivity index (χ4v) is 2.06. The van der Waals surface area contributed by atoms with Gasteiger partial charge < -0.3 is 9.47 Å². The molecule has 0 amide bonds. The highest BCUT2D eigenvalue weighted by Crippen LogP contribution is 2.19. The van der Waals surface area contributed by atoms with Crippen LogP contribution in [0.15, 0.2) is 42.5 Å². The van der Waals surface area contributed by atoms with E-state index in [-0.39, 0.29) is 0 Å². The second-order valence-corrected chi connectivity index (χ2v) is 4.71. The topological polar surface area (TPSA) is 42.2 Å². The van der Waals surface area contributed by atoms with Crippen LogP contribution in [0.2, 0.25) is 5.02 Å². The Balaban J connectivity index is 1.96. The minimum absolute atomic E-state index is 0.436. The second kappa shape index (κ2) is 6.95. The van der Waals surface area contributed by atoms with E-state index in [4.69, 9.17) is 26.3 Å². The van der Waals surface area contributed by atoms with Gasteiger partial charge in [-0.25, -0.2) is 0 Å². The lowest BCUT2D eigenvalue weighted by Crippen LogP contribution is -1.96. The van der Waals surface area contributed by atoms with E-state index in [0.29, 0.717) is 29.5 Å². The molecule has 4 heteroatoms. The number of hydrogen-bond acceptors (Lipinski definition) is 3. The van der Waals surface area contributed by atoms with Gasteiger partial charge in [-0.1, -0.05) is 29.8 Å². The predicted molar refractivity (Wildman–Crippen MR) is 77.7 cm³/mol. The van der Waals surface area contributed by atoms with E-state index < -0.39 is 0 Å². The smallest absolute Gasteiger partial charge is 0.136 e. The van der Waals surface area contributed by atoms with E-state index in [1.807, 2.05) is 30.3 Å². The van der Waals surface area contributed by atoms with Crippen molar-refractivity contribution < 1.29 is 9.47 Å². The first kappa shape index (κ1) is 14.4. The zero-order valence-corrected chi connectivity index (χ0v) is 11.9. The van der Waals surface area contributed by atoms with E-state index in [1.54, 1.807) is 19.2 Å². The van der Waals surface area contributed by atoms with Gasteiger partial charge in [0.25, 0.3) is 0 Å². The van der Waals surface area contributed by atoms with Gasteiger partial charge in [0.05, 0.1) is 25.9 Å². The Kier molecular flexibility index (Phi) is 5.00. The highest BCUT2D eigenvalue weighted by molar-refractivity contribution is 6.30. The summed E-state index contributed by atoms with van der Waals surface area (Å²) in [5.74, 6) is 0.575. The van der Waals surface area contributed by atoms with Crippen molar-refractivity contribution in [2.45, 2.75) is 13.2 Å². The van der Waals surface area contributed by atoms with Crippen molar-refractivity contribution in [1.29, 1.82) is 5.26 Å². The van der Waals surface area contributed by atoms with Gasteiger partial charge in [-0.05, 0) is 35.4 Å². The average Bonchev–Trinajstić information content (AvgIpc) is 2.47. The molecule has 0 N–H and O–H groups in total. The molecule has 102 valence electrons. The van der Waals surface area contributed by atoms with Crippen molar-refractivity contribution in [3.05, 3.63) is 64.2 Å². The van der Waals surface area contributed by atoms with Gasteiger partial charge in [0.15, 0.2) is 0 Å². The molecule has 3 nitrogen and oxygen atoms in total. The van der Waals surface area contributed by atoms with Gasteiger partial charge >= 0.3 is 0 Å². The summed E-state index contributed by atoms with van der Waals surface area (Å²) in [5.41, 5.74) is 2.47. The highest BCUT2D eigenvalue weighted by atomic mass is 35.5. The summed E-state index contributed by atoms with van der Waals surface area (Å²) in [6.45, 7) is 0.916. The van der Waals surface area contributed by atoms with Gasteiger partial charge in [0.2, 0.25) is 0 Å². The molecular formula is C16H14ClNO2. The number of methoxy groups -OCH3 is 1. The molecule has 2 aromatic rings. The number of halogens is 1. The molecule has 2 rings (SSSR count). The van der Waals surface area contributed by atoms with Gasteiger partial charge in [-0.2, -0.15) is 5.26 Å². The quantitative estimate of drug-likeness (QED) is 0.836. The van der Waals surface area contributed by atoms with Gasteiger partial charge in [-0.3, -0.25) is 0 Å². The van der Waals surface area contributed by atoms with E-state index in [1.165, 1.54) is 0 Å². The molecule has 20 heavy (non-hydrogen) atoms. The Hall–Kier alpha value is -2.02. The van der Waals surface area contributed by atoms with Crippen molar-refractivity contribution >= 4 is 11.6 Å². The highest BCUT2D eigenvalue weighted by Gasteiger charge is 2.04. The third-order valence-electron chi connectivity index (χ3n) is 2.81. The van der Waals surface area contributed by atoms with Crippen LogP contribution in [-0.2, 0) is 18.0 Å². The molecule has 0 saturated heterocycles. The molecule has 0 radical (unpaired) electrons. The molecule has 0 aliphatic heterocycles. The molecule has 0 aliphatic rings. The maximum atomic E-state index is 9.02. The van der Waals surface area contributed by atoms with Crippen LogP contribution in [0.4, 0.5) is 0 Å². The number of nitriles is 1. The van der Waals surface area contributed by atoms with Gasteiger partial charge in [0.1, 0.15) is 11.8 Å². The molecule has 0 saturated carbocycles. The summed E-state index contributed by atoms with van der Waals surface area (Å²) >= 11 is 5.91. The van der Waals surface area contributed by atoms with Crippen molar-refractivity contribution in [3.63, 3.8) is 0 Å². The maximum absolute atomic E-state index is 9.02. The third kappa shape index (κ3) is 3.74. The molecule has 0 aromatic heterocycles. The minimum Gasteiger partial charge on any atom is -0.495 e. The van der Waals surface area contributed by atoms with Crippen LogP contribution < -0.4 is 4.74 Å². The molecule has 0 atom stereocenters. The lowest BCUT2D eigenvalue weighted by atomic mass is 10.1. The first-order valence-electron chi connectivity index (χ1n) is 6.12. The summed E-state index contributed by atoms with van der Waals surface area (Å²) < 4.78 is 10.7. The summed E-state index contributed by atoms with van der Waals surface area (Å²) in [6.07, 6.45) is 0. The summed E-state index contributed by atoms with van der Waals surface area (Å²) in [5, 5.41) is 9.72. The number of rotatable bonds is 5. The fourth-order valence-electron chi connectivity index (χ4n) is 1.85. The van der Waals surface area contributed by atoms with Crippen LogP contribution in [0.1, 0.15) is 16.7 Å². The Morgan fingerprint density at radius 1 is 1.10 bits per heavy atom. The molecule has 0 bridgehead atoms. The zero-order valence-electron chi connectivity index (χ0n) is 11.1. The van der Waals surface area contributed by atoms with E-state index in [0.717, 1.165) is 11.1 Å². The SMILES string of the molecule is COc1ccc(COCc2cccc(Cl)c2)cc1C#N. The Labute approximate surface area is 123 Å². The Morgan fingerprint density at radius 3 is 2.50 bits per heavy atom. The molecule has 0 aliphatic carbocycles. The predicted octanol–water partition coefficient (Wildman–Crippen LogP) is 3.94. The van der Waals surface area contributed by atoms with Crippen molar-refractivity contribution in [3.8, 4) is 11.8 Å². The number of benzene rings is 2. The first-order chi connectivity index (χ1) is 9.72. The first-order valence-corrected chi connectivity index (χ1v) is 6.50. The largest absolute Gasteiger partial charge is 0.495 e. The number of hydrogen-bond donors (Lipinski definition) is 0. The fraction of sp³-hybridized carbons (Fsp3) is 0.188. The van der Waals surface area contributed by atoms with E-state index >= 15 is 0 Å². The molecule has 0 heterocycles. The van der Waals surface area contributed by atoms with Crippen molar-refractivity contribution in [2.24, 2.45) is 0 Å². The molecule has 0 fully saturated rings. The lowest BCUT2D eigenvalue weighted by Gasteiger charge is -2.07. The monoisotopic (exact) mass is 287 g/mol. The summed E-state index contributed by atoms with van der Waals surface area (Å²) in [6, 6.07) is 15.1. The lowest BCUT2D eigenvalue weighted by molar-refractivity contribution is 0.107. The van der Waals surface area contributed by atoms with Crippen LogP contribution in [-0.4, -0.2) is 7.11 Å². The summed E-state index contributed by atoms with van der Waals surface area (Å²) in [7, 11) is 1.55. The molecule has 2 aromatic carbocycles. The van der Waals surface area contributed by atoms with Crippen LogP contribution in [0.25, 0.3) is 0 Å². The molecular weight excluding hydrogens is 274 g/mol. The van der Waals surface area contributed by atoms with Crippen molar-refractivity contribution in [2.75, 3.05) is 7.11 Å². The van der Waals surface area contributed by atoms with Crippen molar-refractivity contribution in [1.82, 2.24) is 0 Å². The number of nitrogens with zero attached hydrogens (tertiary/aromatic N) is 1. The second-order valence-electron chi connectivity index (χ2n) is 4.27. The van der Waals surface area contributed by atoms with Crippen LogP contribution in [0.5, 0.6) is 5.75 Å². The Morgan fingerprint density at radius 2 is 1.85 bits per heavy atom. The molecule has 0 spiro atoms. The zero-order chi connectivity index (χ0) is 14.4. The normalized spacial score (nSPS) is 10.1. The van der Waals surface area contributed by atoms with Crippen LogP contribution in [0.3, 0.4) is 0 Å². The van der Waals surface area contributed by atoms with Crippen LogP contribution >= 0.6 is 11.6 Å². The summed E-state index contributed by atoms with van der Waals surface area (Å²) in [4.78, 5) is 0. The van der Waals surface area contributed by atoms with Gasteiger partial charge in [0, 0.05) is 5.02 Å². The Bertz CT molecular complexity index is 635. The van der Waals surface area contributed by atoms with Crippen LogP contribution in [0, 0.1) is 11.3 Å². The van der Waals surface area contributed by atoms with E-state index in [9.17, 15) is 0 Å². The minimum atomic E-state index is 0.436. The maximum Gasteiger partial charge on any atom is 0.136 e. The number of ether oxygens (including phenoxy) is 2. The third-order valence-corrected chi connectivity index (χ3v) is 3.05. The van der Waals surface area contributed by atoms with E-state index in [2.05, 4.69) is 6.07 Å². The van der Waals surface area contributed by atoms with Gasteiger partial charge in [-0.15, -0.1) is 0 Å².